The summed E-state index contributed by atoms with van der Waals surface area (Å²) in [6.45, 7) is 3.90. The van der Waals surface area contributed by atoms with E-state index in [2.05, 4.69) is 4.98 Å². The number of aryl methyl sites for hydroxylation is 2. The van der Waals surface area contributed by atoms with Gasteiger partial charge in [0.2, 0.25) is 5.78 Å². The molecule has 0 aliphatic carbocycles. The van der Waals surface area contributed by atoms with Crippen molar-refractivity contribution in [2.24, 2.45) is 0 Å². The van der Waals surface area contributed by atoms with Gasteiger partial charge in [-0.05, 0) is 37.1 Å². The van der Waals surface area contributed by atoms with E-state index >= 15 is 0 Å². The molecule has 0 unspecified atom stereocenters. The second-order valence-corrected chi connectivity index (χ2v) is 3.81. The van der Waals surface area contributed by atoms with Crippen molar-refractivity contribution in [1.29, 1.82) is 0 Å². The second kappa shape index (κ2) is 4.27. The number of aromatic nitrogens is 1. The van der Waals surface area contributed by atoms with E-state index in [1.807, 2.05) is 44.2 Å². The van der Waals surface area contributed by atoms with Crippen LogP contribution in [-0.4, -0.2) is 10.8 Å². The SMILES string of the molecule is Cc1cccc(C)c1C(=O)c1ccccn1. The zero-order valence-electron chi connectivity index (χ0n) is 9.40. The second-order valence-electron chi connectivity index (χ2n) is 3.81. The molecular weight excluding hydrogens is 198 g/mol. The third-order valence-electron chi connectivity index (χ3n) is 2.61. The molecule has 2 aromatic rings. The van der Waals surface area contributed by atoms with E-state index in [4.69, 9.17) is 0 Å². The fourth-order valence-electron chi connectivity index (χ4n) is 1.80. The molecule has 1 aromatic heterocycles. The smallest absolute Gasteiger partial charge is 0.211 e. The summed E-state index contributed by atoms with van der Waals surface area (Å²) in [5.74, 6) is -0.00352. The highest BCUT2D eigenvalue weighted by molar-refractivity contribution is 6.09. The molecule has 2 rings (SSSR count). The number of ketones is 1. The Balaban J connectivity index is 2.50. The molecule has 0 saturated carbocycles. The van der Waals surface area contributed by atoms with Crippen molar-refractivity contribution in [1.82, 2.24) is 4.98 Å². The molecule has 0 N–H and O–H groups in total. The first-order valence-electron chi connectivity index (χ1n) is 5.22. The van der Waals surface area contributed by atoms with Gasteiger partial charge in [0.15, 0.2) is 0 Å². The van der Waals surface area contributed by atoms with E-state index in [-0.39, 0.29) is 5.78 Å². The van der Waals surface area contributed by atoms with Crippen molar-refractivity contribution in [3.63, 3.8) is 0 Å². The van der Waals surface area contributed by atoms with Crippen LogP contribution in [0.25, 0.3) is 0 Å². The summed E-state index contributed by atoms with van der Waals surface area (Å²) >= 11 is 0. The average molecular weight is 211 g/mol. The highest BCUT2D eigenvalue weighted by atomic mass is 16.1. The number of nitrogens with zero attached hydrogens (tertiary/aromatic N) is 1. The molecule has 0 fully saturated rings. The fourth-order valence-corrected chi connectivity index (χ4v) is 1.80. The lowest BCUT2D eigenvalue weighted by Gasteiger charge is -2.07. The molecule has 0 atom stereocenters. The summed E-state index contributed by atoms with van der Waals surface area (Å²) in [7, 11) is 0. The highest BCUT2D eigenvalue weighted by Crippen LogP contribution is 2.16. The van der Waals surface area contributed by atoms with Gasteiger partial charge < -0.3 is 0 Å². The Morgan fingerprint density at radius 2 is 1.69 bits per heavy atom. The van der Waals surface area contributed by atoms with Gasteiger partial charge in [-0.25, -0.2) is 0 Å². The van der Waals surface area contributed by atoms with Crippen LogP contribution in [0.15, 0.2) is 42.6 Å². The number of pyridine rings is 1. The van der Waals surface area contributed by atoms with Crippen LogP contribution in [-0.2, 0) is 0 Å². The lowest BCUT2D eigenvalue weighted by molar-refractivity contribution is 0.103. The maximum absolute atomic E-state index is 12.2. The summed E-state index contributed by atoms with van der Waals surface area (Å²) < 4.78 is 0. The summed E-state index contributed by atoms with van der Waals surface area (Å²) in [5.41, 5.74) is 3.26. The van der Waals surface area contributed by atoms with Gasteiger partial charge in [-0.1, -0.05) is 24.3 Å². The number of carbonyl (C=O) groups is 1. The van der Waals surface area contributed by atoms with Gasteiger partial charge in [0.1, 0.15) is 5.69 Å². The van der Waals surface area contributed by atoms with Gasteiger partial charge in [0.25, 0.3) is 0 Å². The molecule has 0 saturated heterocycles. The van der Waals surface area contributed by atoms with Crippen LogP contribution >= 0.6 is 0 Å². The van der Waals surface area contributed by atoms with Crippen LogP contribution in [0.1, 0.15) is 27.2 Å². The topological polar surface area (TPSA) is 30.0 Å². The van der Waals surface area contributed by atoms with Crippen LogP contribution in [0.2, 0.25) is 0 Å². The number of rotatable bonds is 2. The van der Waals surface area contributed by atoms with Crippen molar-refractivity contribution in [3.8, 4) is 0 Å². The first kappa shape index (κ1) is 10.6. The molecule has 1 aromatic carbocycles. The maximum atomic E-state index is 12.2. The molecule has 0 spiro atoms. The zero-order chi connectivity index (χ0) is 11.5. The summed E-state index contributed by atoms with van der Waals surface area (Å²) in [6.07, 6.45) is 1.64. The van der Waals surface area contributed by atoms with Gasteiger partial charge in [0.05, 0.1) is 0 Å². The Morgan fingerprint density at radius 3 is 2.25 bits per heavy atom. The first-order valence-corrected chi connectivity index (χ1v) is 5.22. The molecule has 2 nitrogen and oxygen atoms in total. The van der Waals surface area contributed by atoms with Crippen LogP contribution < -0.4 is 0 Å². The Labute approximate surface area is 95.0 Å². The lowest BCUT2D eigenvalue weighted by Crippen LogP contribution is -2.07. The van der Waals surface area contributed by atoms with Crippen LogP contribution in [0.4, 0.5) is 0 Å². The third kappa shape index (κ3) is 1.87. The molecule has 0 radical (unpaired) electrons. The highest BCUT2D eigenvalue weighted by Gasteiger charge is 2.14. The standard InChI is InChI=1S/C14H13NO/c1-10-6-5-7-11(2)13(10)14(16)12-8-3-4-9-15-12/h3-9H,1-2H3. The first-order chi connectivity index (χ1) is 7.70. The number of carbonyl (C=O) groups excluding carboxylic acids is 1. The normalized spacial score (nSPS) is 10.1. The Morgan fingerprint density at radius 1 is 1.00 bits per heavy atom. The van der Waals surface area contributed by atoms with Gasteiger partial charge >= 0.3 is 0 Å². The van der Waals surface area contributed by atoms with Crippen molar-refractivity contribution < 1.29 is 4.79 Å². The van der Waals surface area contributed by atoms with Gasteiger partial charge in [-0.15, -0.1) is 0 Å². The van der Waals surface area contributed by atoms with Crippen molar-refractivity contribution in [3.05, 3.63) is 65.0 Å². The predicted molar refractivity (Wildman–Crippen MR) is 63.6 cm³/mol. The maximum Gasteiger partial charge on any atom is 0.211 e. The minimum Gasteiger partial charge on any atom is -0.287 e. The predicted octanol–water partition coefficient (Wildman–Crippen LogP) is 2.93. The molecule has 16 heavy (non-hydrogen) atoms. The Kier molecular flexibility index (Phi) is 2.82. The minimum atomic E-state index is -0.00352. The van der Waals surface area contributed by atoms with Crippen molar-refractivity contribution in [2.75, 3.05) is 0 Å². The number of benzene rings is 1. The lowest BCUT2D eigenvalue weighted by atomic mass is 9.97. The molecule has 2 heteroatoms. The molecule has 1 heterocycles. The molecular formula is C14H13NO. The van der Waals surface area contributed by atoms with Gasteiger partial charge in [-0.3, -0.25) is 9.78 Å². The van der Waals surface area contributed by atoms with Crippen LogP contribution in [0, 0.1) is 13.8 Å². The van der Waals surface area contributed by atoms with Gasteiger partial charge in [-0.2, -0.15) is 0 Å². The summed E-state index contributed by atoms with van der Waals surface area (Å²) in [6, 6.07) is 11.2. The zero-order valence-corrected chi connectivity index (χ0v) is 9.40. The molecule has 0 aliphatic heterocycles. The molecule has 0 amide bonds. The molecule has 0 bridgehead atoms. The Bertz CT molecular complexity index is 497. The summed E-state index contributed by atoms with van der Waals surface area (Å²) in [4.78, 5) is 16.3. The average Bonchev–Trinajstić information content (AvgIpc) is 2.30. The molecule has 80 valence electrons. The number of hydrogen-bond acceptors (Lipinski definition) is 2. The van der Waals surface area contributed by atoms with E-state index in [0.717, 1.165) is 16.7 Å². The van der Waals surface area contributed by atoms with Crippen molar-refractivity contribution >= 4 is 5.78 Å². The van der Waals surface area contributed by atoms with E-state index < -0.39 is 0 Å². The largest absolute Gasteiger partial charge is 0.287 e. The van der Waals surface area contributed by atoms with Gasteiger partial charge in [0, 0.05) is 11.8 Å². The van der Waals surface area contributed by atoms with Crippen LogP contribution in [0.5, 0.6) is 0 Å². The fraction of sp³-hybridized carbons (Fsp3) is 0.143. The van der Waals surface area contributed by atoms with Crippen molar-refractivity contribution in [2.45, 2.75) is 13.8 Å². The quantitative estimate of drug-likeness (QED) is 0.715. The molecule has 0 aliphatic rings. The minimum absolute atomic E-state index is 0.00352. The van der Waals surface area contributed by atoms with E-state index in [0.29, 0.717) is 5.69 Å². The van der Waals surface area contributed by atoms with E-state index in [1.165, 1.54) is 0 Å². The Hall–Kier alpha value is -1.96. The third-order valence-corrected chi connectivity index (χ3v) is 2.61. The van der Waals surface area contributed by atoms with E-state index in [1.54, 1.807) is 12.3 Å². The van der Waals surface area contributed by atoms with Crippen LogP contribution in [0.3, 0.4) is 0 Å². The number of hydrogen-bond donors (Lipinski definition) is 0. The van der Waals surface area contributed by atoms with E-state index in [9.17, 15) is 4.79 Å². The summed E-state index contributed by atoms with van der Waals surface area (Å²) in [5, 5.41) is 0. The monoisotopic (exact) mass is 211 g/mol.